The number of guanidine groups is 1. The number of halogens is 3. The van der Waals surface area contributed by atoms with Crippen molar-refractivity contribution in [1.29, 1.82) is 0 Å². The maximum atomic E-state index is 13.0. The number of piperazine rings is 1. The summed E-state index contributed by atoms with van der Waals surface area (Å²) in [4.78, 5) is 9.00. The van der Waals surface area contributed by atoms with Gasteiger partial charge in [-0.1, -0.05) is 24.3 Å². The van der Waals surface area contributed by atoms with Gasteiger partial charge in [0.2, 0.25) is 0 Å². The van der Waals surface area contributed by atoms with Crippen LogP contribution in [0.4, 0.5) is 13.2 Å². The summed E-state index contributed by atoms with van der Waals surface area (Å²) in [5.41, 5.74) is 0.0605. The van der Waals surface area contributed by atoms with Gasteiger partial charge in [0.15, 0.2) is 11.8 Å². The van der Waals surface area contributed by atoms with E-state index in [4.69, 9.17) is 4.99 Å². The van der Waals surface area contributed by atoms with E-state index in [0.717, 1.165) is 49.9 Å². The van der Waals surface area contributed by atoms with Gasteiger partial charge in [0.25, 0.3) is 0 Å². The number of alkyl halides is 3. The van der Waals surface area contributed by atoms with Gasteiger partial charge in [-0.15, -0.1) is 16.8 Å². The van der Waals surface area contributed by atoms with Crippen molar-refractivity contribution in [3.05, 3.63) is 59.7 Å². The van der Waals surface area contributed by atoms with Crippen molar-refractivity contribution < 1.29 is 13.2 Å². The van der Waals surface area contributed by atoms with Gasteiger partial charge in [0.1, 0.15) is 12.4 Å². The van der Waals surface area contributed by atoms with E-state index in [9.17, 15) is 13.2 Å². The summed E-state index contributed by atoms with van der Waals surface area (Å²) >= 11 is 0. The molecular formula is C21H28F3N7. The van der Waals surface area contributed by atoms with Crippen LogP contribution in [0.2, 0.25) is 0 Å². The molecule has 1 aromatic carbocycles. The molecule has 31 heavy (non-hydrogen) atoms. The Bertz CT molecular complexity index is 912. The summed E-state index contributed by atoms with van der Waals surface area (Å²) in [6.45, 7) is 10.0. The van der Waals surface area contributed by atoms with Gasteiger partial charge in [-0.25, -0.2) is 4.99 Å². The van der Waals surface area contributed by atoms with Crippen LogP contribution in [-0.2, 0) is 26.3 Å². The third kappa shape index (κ3) is 6.06. The van der Waals surface area contributed by atoms with Gasteiger partial charge in [-0.05, 0) is 18.6 Å². The molecule has 10 heteroatoms. The molecule has 0 radical (unpaired) electrons. The highest BCUT2D eigenvalue weighted by molar-refractivity contribution is 5.80. The molecule has 1 N–H and O–H groups in total. The molecule has 1 aliphatic rings. The van der Waals surface area contributed by atoms with Crippen LogP contribution in [0.3, 0.4) is 0 Å². The quantitative estimate of drug-likeness (QED) is 0.429. The van der Waals surface area contributed by atoms with Gasteiger partial charge in [0, 0.05) is 46.3 Å². The molecule has 168 valence electrons. The zero-order valence-electron chi connectivity index (χ0n) is 17.9. The van der Waals surface area contributed by atoms with Crippen molar-refractivity contribution in [1.82, 2.24) is 29.9 Å². The van der Waals surface area contributed by atoms with Crippen molar-refractivity contribution >= 4 is 5.96 Å². The lowest BCUT2D eigenvalue weighted by atomic mass is 10.1. The van der Waals surface area contributed by atoms with Crippen molar-refractivity contribution in [2.24, 2.45) is 12.0 Å². The third-order valence-corrected chi connectivity index (χ3v) is 5.29. The van der Waals surface area contributed by atoms with Crippen LogP contribution >= 0.6 is 0 Å². The van der Waals surface area contributed by atoms with Gasteiger partial charge in [-0.3, -0.25) is 4.90 Å². The molecule has 1 aliphatic heterocycles. The molecular weight excluding hydrogens is 407 g/mol. The lowest BCUT2D eigenvalue weighted by molar-refractivity contribution is -0.137. The first-order valence-electron chi connectivity index (χ1n) is 10.2. The molecule has 0 aliphatic carbocycles. The normalized spacial score (nSPS) is 15.9. The number of rotatable bonds is 6. The van der Waals surface area contributed by atoms with E-state index in [-0.39, 0.29) is 0 Å². The maximum absolute atomic E-state index is 13.0. The Labute approximate surface area is 180 Å². The molecule has 0 atom stereocenters. The third-order valence-electron chi connectivity index (χ3n) is 5.29. The molecule has 3 rings (SSSR count). The Hall–Kier alpha value is -2.88. The van der Waals surface area contributed by atoms with Crippen molar-refractivity contribution in [2.45, 2.75) is 26.2 Å². The first-order chi connectivity index (χ1) is 14.8. The zero-order valence-corrected chi connectivity index (χ0v) is 17.9. The van der Waals surface area contributed by atoms with Crippen molar-refractivity contribution in [3.8, 4) is 0 Å². The SMILES string of the molecule is C=CCNC(=NCc1nnc(C)n1C)N1CCN(Cc2cccc(C(F)(F)F)c2)CC1. The monoisotopic (exact) mass is 435 g/mol. The largest absolute Gasteiger partial charge is 0.416 e. The predicted molar refractivity (Wildman–Crippen MR) is 113 cm³/mol. The highest BCUT2D eigenvalue weighted by atomic mass is 19.4. The van der Waals surface area contributed by atoms with E-state index in [1.807, 2.05) is 18.5 Å². The topological polar surface area (TPSA) is 61.6 Å². The van der Waals surface area contributed by atoms with E-state index >= 15 is 0 Å². The minimum atomic E-state index is -4.32. The number of aromatic nitrogens is 3. The molecule has 0 saturated carbocycles. The number of hydrogen-bond acceptors (Lipinski definition) is 4. The van der Waals surface area contributed by atoms with E-state index in [0.29, 0.717) is 25.2 Å². The van der Waals surface area contributed by atoms with Crippen LogP contribution in [-0.4, -0.2) is 63.2 Å². The second-order valence-corrected chi connectivity index (χ2v) is 7.49. The smallest absolute Gasteiger partial charge is 0.353 e. The molecule has 1 saturated heterocycles. The Kier molecular flexibility index (Phi) is 7.32. The highest BCUT2D eigenvalue weighted by Gasteiger charge is 2.30. The summed E-state index contributed by atoms with van der Waals surface area (Å²) in [6.07, 6.45) is -2.55. The number of nitrogens with one attached hydrogen (secondary N) is 1. The molecule has 0 unspecified atom stereocenters. The maximum Gasteiger partial charge on any atom is 0.416 e. The summed E-state index contributed by atoms with van der Waals surface area (Å²) < 4.78 is 40.8. The lowest BCUT2D eigenvalue weighted by Crippen LogP contribution is -2.52. The van der Waals surface area contributed by atoms with Crippen LogP contribution in [0.15, 0.2) is 41.9 Å². The van der Waals surface area contributed by atoms with Crippen LogP contribution in [0, 0.1) is 6.92 Å². The summed E-state index contributed by atoms with van der Waals surface area (Å²) in [7, 11) is 1.91. The number of aryl methyl sites for hydroxylation is 1. The minimum Gasteiger partial charge on any atom is -0.353 e. The van der Waals surface area contributed by atoms with E-state index < -0.39 is 11.7 Å². The van der Waals surface area contributed by atoms with Gasteiger partial charge in [0.05, 0.1) is 5.56 Å². The Morgan fingerprint density at radius 1 is 1.23 bits per heavy atom. The second kappa shape index (κ2) is 9.95. The van der Waals surface area contributed by atoms with E-state index in [1.54, 1.807) is 12.1 Å². The fourth-order valence-electron chi connectivity index (χ4n) is 3.39. The first kappa shape index (κ1) is 22.8. The van der Waals surface area contributed by atoms with Crippen LogP contribution < -0.4 is 5.32 Å². The molecule has 0 spiro atoms. The van der Waals surface area contributed by atoms with Crippen LogP contribution in [0.1, 0.15) is 22.8 Å². The Balaban J connectivity index is 1.60. The van der Waals surface area contributed by atoms with Crippen molar-refractivity contribution in [3.63, 3.8) is 0 Å². The van der Waals surface area contributed by atoms with Gasteiger partial charge >= 0.3 is 6.18 Å². The predicted octanol–water partition coefficient (Wildman–Crippen LogP) is 2.59. The average molecular weight is 435 g/mol. The average Bonchev–Trinajstić information content (AvgIpc) is 3.06. The van der Waals surface area contributed by atoms with Gasteiger partial charge < -0.3 is 14.8 Å². The fourth-order valence-corrected chi connectivity index (χ4v) is 3.39. The molecule has 7 nitrogen and oxygen atoms in total. The first-order valence-corrected chi connectivity index (χ1v) is 10.2. The Morgan fingerprint density at radius 2 is 1.97 bits per heavy atom. The number of hydrogen-bond donors (Lipinski definition) is 1. The molecule has 1 fully saturated rings. The zero-order chi connectivity index (χ0) is 22.4. The standard InChI is InChI=1S/C21H28F3N7/c1-4-8-25-20(26-14-19-28-27-16(2)29(19)3)31-11-9-30(10-12-31)15-17-6-5-7-18(13-17)21(22,23)24/h4-7,13H,1,8-12,14-15H2,2-3H3,(H,25,26). The van der Waals surface area contributed by atoms with Gasteiger partial charge in [-0.2, -0.15) is 13.2 Å². The van der Waals surface area contributed by atoms with E-state index in [2.05, 4.69) is 31.9 Å². The molecule has 0 bridgehead atoms. The molecule has 1 aromatic heterocycles. The molecule has 0 amide bonds. The summed E-state index contributed by atoms with van der Waals surface area (Å²) in [6, 6.07) is 5.54. The Morgan fingerprint density at radius 3 is 2.58 bits per heavy atom. The number of benzene rings is 1. The lowest BCUT2D eigenvalue weighted by Gasteiger charge is -2.36. The van der Waals surface area contributed by atoms with Crippen LogP contribution in [0.25, 0.3) is 0 Å². The number of aliphatic imine (C=N–C) groups is 1. The summed E-state index contributed by atoms with van der Waals surface area (Å²) in [5, 5.41) is 11.5. The minimum absolute atomic E-state index is 0.404. The van der Waals surface area contributed by atoms with E-state index in [1.165, 1.54) is 12.1 Å². The molecule has 2 aromatic rings. The number of nitrogens with zero attached hydrogens (tertiary/aromatic N) is 6. The summed E-state index contributed by atoms with van der Waals surface area (Å²) in [5.74, 6) is 2.37. The van der Waals surface area contributed by atoms with Crippen molar-refractivity contribution in [2.75, 3.05) is 32.7 Å². The van der Waals surface area contributed by atoms with Crippen LogP contribution in [0.5, 0.6) is 0 Å². The highest BCUT2D eigenvalue weighted by Crippen LogP contribution is 2.29. The molecule has 2 heterocycles. The fraction of sp³-hybridized carbons (Fsp3) is 0.476. The second-order valence-electron chi connectivity index (χ2n) is 7.49.